The molecule has 3 aromatic rings. The molecule has 2 aromatic carbocycles. The molecular formula is C20H22N2. The van der Waals surface area contributed by atoms with Gasteiger partial charge in [0.1, 0.15) is 0 Å². The Morgan fingerprint density at radius 2 is 1.64 bits per heavy atom. The van der Waals surface area contributed by atoms with Crippen molar-refractivity contribution in [2.75, 3.05) is 0 Å². The van der Waals surface area contributed by atoms with Gasteiger partial charge in [-0.05, 0) is 31.9 Å². The highest BCUT2D eigenvalue weighted by atomic mass is 15.2. The predicted molar refractivity (Wildman–Crippen MR) is 89.4 cm³/mol. The molecule has 0 atom stereocenters. The third-order valence-electron chi connectivity index (χ3n) is 4.84. The first-order valence-corrected chi connectivity index (χ1v) is 7.91. The molecule has 0 unspecified atom stereocenters. The van der Waals surface area contributed by atoms with Gasteiger partial charge in [0.2, 0.25) is 6.33 Å². The lowest BCUT2D eigenvalue weighted by Crippen LogP contribution is -2.41. The molecule has 2 nitrogen and oxygen atoms in total. The third kappa shape index (κ3) is 1.58. The van der Waals surface area contributed by atoms with E-state index in [0.717, 1.165) is 0 Å². The monoisotopic (exact) mass is 290 g/mol. The quantitative estimate of drug-likeness (QED) is 0.435. The van der Waals surface area contributed by atoms with Gasteiger partial charge in [-0.1, -0.05) is 56.3 Å². The number of hydrogen-bond donors (Lipinski definition) is 0. The molecule has 0 aliphatic carbocycles. The molecule has 0 spiro atoms. The molecule has 4 rings (SSSR count). The van der Waals surface area contributed by atoms with Crippen LogP contribution in [0.1, 0.15) is 45.7 Å². The van der Waals surface area contributed by atoms with Gasteiger partial charge in [-0.3, -0.25) is 0 Å². The van der Waals surface area contributed by atoms with Gasteiger partial charge < -0.3 is 9.13 Å². The second kappa shape index (κ2) is 4.01. The summed E-state index contributed by atoms with van der Waals surface area (Å²) in [6.45, 7) is 11.3. The zero-order valence-corrected chi connectivity index (χ0v) is 13.9. The molecule has 1 aromatic heterocycles. The van der Waals surface area contributed by atoms with Gasteiger partial charge in [0.25, 0.3) is 0 Å². The Morgan fingerprint density at radius 1 is 0.955 bits per heavy atom. The van der Waals surface area contributed by atoms with Crippen LogP contribution in [0.2, 0.25) is 0 Å². The number of fused-ring (bicyclic) bond motifs is 2. The summed E-state index contributed by atoms with van der Waals surface area (Å²) in [6, 6.07) is 15.3. The van der Waals surface area contributed by atoms with Crippen LogP contribution in [0.5, 0.6) is 0 Å². The fourth-order valence-corrected chi connectivity index (χ4v) is 3.68. The second-order valence-corrected chi connectivity index (χ2v) is 7.76. The van der Waals surface area contributed by atoms with Crippen LogP contribution in [0.15, 0.2) is 42.5 Å². The van der Waals surface area contributed by atoms with Gasteiger partial charge in [-0.2, -0.15) is 0 Å². The summed E-state index contributed by atoms with van der Waals surface area (Å²) in [5.41, 5.74) is 6.55. The first-order valence-electron chi connectivity index (χ1n) is 7.91. The van der Waals surface area contributed by atoms with Crippen molar-refractivity contribution in [3.05, 3.63) is 59.9 Å². The van der Waals surface area contributed by atoms with Crippen molar-refractivity contribution < 1.29 is 4.57 Å². The van der Waals surface area contributed by atoms with E-state index < -0.39 is 0 Å². The van der Waals surface area contributed by atoms with E-state index in [9.17, 15) is 0 Å². The molecular weight excluding hydrogens is 268 g/mol. The molecule has 112 valence electrons. The SMILES string of the molecule is CC1(C)c2ccccc2-[n+]2[c-]n(C(C)(C)C)c3cccc1c32. The van der Waals surface area contributed by atoms with Crippen molar-refractivity contribution >= 4 is 11.0 Å². The average molecular weight is 290 g/mol. The fourth-order valence-electron chi connectivity index (χ4n) is 3.68. The van der Waals surface area contributed by atoms with Crippen LogP contribution in [-0.4, -0.2) is 4.57 Å². The Bertz CT molecular complexity index is 892. The van der Waals surface area contributed by atoms with Crippen LogP contribution in [0, 0.1) is 6.33 Å². The summed E-state index contributed by atoms with van der Waals surface area (Å²) >= 11 is 0. The lowest BCUT2D eigenvalue weighted by molar-refractivity contribution is -0.576. The molecule has 2 heteroatoms. The molecule has 0 radical (unpaired) electrons. The van der Waals surface area contributed by atoms with E-state index in [4.69, 9.17) is 0 Å². The van der Waals surface area contributed by atoms with Crippen LogP contribution in [-0.2, 0) is 11.0 Å². The van der Waals surface area contributed by atoms with Crippen molar-refractivity contribution in [3.8, 4) is 5.69 Å². The zero-order chi connectivity index (χ0) is 15.7. The maximum Gasteiger partial charge on any atom is 0.244 e. The minimum absolute atomic E-state index is 0.00551. The zero-order valence-electron chi connectivity index (χ0n) is 13.9. The van der Waals surface area contributed by atoms with E-state index in [1.807, 2.05) is 0 Å². The van der Waals surface area contributed by atoms with Gasteiger partial charge in [0, 0.05) is 5.41 Å². The van der Waals surface area contributed by atoms with Crippen molar-refractivity contribution in [1.82, 2.24) is 4.57 Å². The van der Waals surface area contributed by atoms with Crippen molar-refractivity contribution in [2.45, 2.75) is 45.6 Å². The lowest BCUT2D eigenvalue weighted by Gasteiger charge is -2.35. The first-order chi connectivity index (χ1) is 10.3. The largest absolute Gasteiger partial charge is 0.319 e. The molecule has 2 heterocycles. The van der Waals surface area contributed by atoms with Gasteiger partial charge in [0.15, 0.2) is 0 Å². The standard InChI is InChI=1S/C20H22N2/c1-19(2,3)22-13-21-16-11-7-6-9-14(16)20(4,5)15-10-8-12-17(22)18(15)21/h6-12H,1-5H3. The smallest absolute Gasteiger partial charge is 0.244 e. The minimum Gasteiger partial charge on any atom is -0.319 e. The van der Waals surface area contributed by atoms with E-state index in [1.165, 1.54) is 27.8 Å². The van der Waals surface area contributed by atoms with E-state index in [1.54, 1.807) is 0 Å². The van der Waals surface area contributed by atoms with Gasteiger partial charge in [-0.25, -0.2) is 0 Å². The fraction of sp³-hybridized carbons (Fsp3) is 0.350. The van der Waals surface area contributed by atoms with Gasteiger partial charge in [-0.15, -0.1) is 0 Å². The highest BCUT2D eigenvalue weighted by Gasteiger charge is 2.34. The Hall–Kier alpha value is -2.09. The number of benzene rings is 2. The van der Waals surface area contributed by atoms with E-state index >= 15 is 0 Å². The lowest BCUT2D eigenvalue weighted by atomic mass is 9.75. The van der Waals surface area contributed by atoms with Crippen molar-refractivity contribution in [2.24, 2.45) is 0 Å². The predicted octanol–water partition coefficient (Wildman–Crippen LogP) is 4.11. The molecule has 0 fully saturated rings. The topological polar surface area (TPSA) is 8.81 Å². The molecule has 0 bridgehead atoms. The molecule has 1 aliphatic heterocycles. The number of aromatic nitrogens is 2. The minimum atomic E-state index is 0.00551. The van der Waals surface area contributed by atoms with Crippen LogP contribution in [0.3, 0.4) is 0 Å². The number of hydrogen-bond acceptors (Lipinski definition) is 0. The summed E-state index contributed by atoms with van der Waals surface area (Å²) in [5.74, 6) is 0. The summed E-state index contributed by atoms with van der Waals surface area (Å²) in [7, 11) is 0. The van der Waals surface area contributed by atoms with E-state index in [-0.39, 0.29) is 11.0 Å². The maximum atomic E-state index is 3.60. The summed E-state index contributed by atoms with van der Waals surface area (Å²) in [4.78, 5) is 0. The molecule has 0 saturated carbocycles. The Labute approximate surface area is 132 Å². The average Bonchev–Trinajstić information content (AvgIpc) is 2.86. The summed E-state index contributed by atoms with van der Waals surface area (Å²) < 4.78 is 4.51. The highest BCUT2D eigenvalue weighted by molar-refractivity contribution is 5.80. The number of imidazole rings is 1. The molecule has 22 heavy (non-hydrogen) atoms. The summed E-state index contributed by atoms with van der Waals surface area (Å²) in [6.07, 6.45) is 3.60. The van der Waals surface area contributed by atoms with E-state index in [2.05, 4.69) is 92.5 Å². The van der Waals surface area contributed by atoms with Crippen LogP contribution >= 0.6 is 0 Å². The van der Waals surface area contributed by atoms with Crippen molar-refractivity contribution in [3.63, 3.8) is 0 Å². The van der Waals surface area contributed by atoms with Gasteiger partial charge in [0.05, 0.1) is 22.3 Å². The third-order valence-corrected chi connectivity index (χ3v) is 4.84. The Balaban J connectivity index is 2.22. The molecule has 0 N–H and O–H groups in total. The van der Waals surface area contributed by atoms with Crippen molar-refractivity contribution in [1.29, 1.82) is 0 Å². The van der Waals surface area contributed by atoms with Crippen LogP contribution < -0.4 is 4.57 Å². The normalized spacial score (nSPS) is 15.9. The number of rotatable bonds is 0. The Kier molecular flexibility index (Phi) is 2.47. The number of nitrogens with zero attached hydrogens (tertiary/aromatic N) is 2. The summed E-state index contributed by atoms with van der Waals surface area (Å²) in [5, 5.41) is 0. The Morgan fingerprint density at radius 3 is 2.36 bits per heavy atom. The highest BCUT2D eigenvalue weighted by Crippen LogP contribution is 2.41. The van der Waals surface area contributed by atoms with Crippen LogP contribution in [0.4, 0.5) is 0 Å². The number of para-hydroxylation sites is 2. The maximum absolute atomic E-state index is 3.60. The van der Waals surface area contributed by atoms with Gasteiger partial charge >= 0.3 is 0 Å². The van der Waals surface area contributed by atoms with E-state index in [0.29, 0.717) is 0 Å². The molecule has 0 amide bonds. The second-order valence-electron chi connectivity index (χ2n) is 7.76. The first kappa shape index (κ1) is 13.6. The molecule has 1 aliphatic rings. The van der Waals surface area contributed by atoms with Crippen LogP contribution in [0.25, 0.3) is 16.7 Å². The molecule has 0 saturated heterocycles.